The van der Waals surface area contributed by atoms with Gasteiger partial charge in [-0.2, -0.15) is 0 Å². The van der Waals surface area contributed by atoms with E-state index in [1.165, 1.54) is 6.92 Å². The molecule has 0 spiro atoms. The second-order valence-electron chi connectivity index (χ2n) is 3.36. The Bertz CT molecular complexity index is 400. The molecule has 1 rings (SSSR count). The molecule has 0 aliphatic rings. The summed E-state index contributed by atoms with van der Waals surface area (Å²) in [7, 11) is 0. The molecule has 0 aromatic heterocycles. The summed E-state index contributed by atoms with van der Waals surface area (Å²) in [4.78, 5) is 11.2. The van der Waals surface area contributed by atoms with E-state index < -0.39 is 35.2 Å². The van der Waals surface area contributed by atoms with Crippen molar-refractivity contribution < 1.29 is 22.7 Å². The van der Waals surface area contributed by atoms with Crippen molar-refractivity contribution in [2.24, 2.45) is 0 Å². The van der Waals surface area contributed by atoms with Gasteiger partial charge in [0.1, 0.15) is 17.5 Å². The van der Waals surface area contributed by atoms with E-state index in [1.807, 2.05) is 0 Å². The van der Waals surface area contributed by atoms with Gasteiger partial charge in [-0.1, -0.05) is 0 Å². The fourth-order valence-corrected chi connectivity index (χ4v) is 1.22. The number of carbonyl (C=O) groups is 1. The Morgan fingerprint density at radius 3 is 2.35 bits per heavy atom. The summed E-state index contributed by atoms with van der Waals surface area (Å²) in [6, 6.07) is 0.136. The zero-order valence-corrected chi connectivity index (χ0v) is 9.39. The Kier molecular flexibility index (Phi) is 4.37. The summed E-state index contributed by atoms with van der Waals surface area (Å²) in [6.07, 6.45) is 0. The Labute approximate surface area is 96.6 Å². The minimum Gasteiger partial charge on any atom is -0.464 e. The number of anilines is 1. The summed E-state index contributed by atoms with van der Waals surface area (Å²) in [5.41, 5.74) is -0.549. The predicted molar refractivity (Wildman–Crippen MR) is 56.0 cm³/mol. The van der Waals surface area contributed by atoms with Crippen LogP contribution in [0.25, 0.3) is 0 Å². The third-order valence-electron chi connectivity index (χ3n) is 2.01. The van der Waals surface area contributed by atoms with Gasteiger partial charge in [-0.25, -0.2) is 18.0 Å². The van der Waals surface area contributed by atoms with Crippen molar-refractivity contribution in [2.45, 2.75) is 19.9 Å². The zero-order chi connectivity index (χ0) is 13.0. The normalized spacial score (nSPS) is 12.1. The number of carbonyl (C=O) groups excluding carboxylic acids is 1. The quantitative estimate of drug-likeness (QED) is 0.830. The first-order valence-corrected chi connectivity index (χ1v) is 5.03. The lowest BCUT2D eigenvalue weighted by atomic mass is 10.2. The largest absolute Gasteiger partial charge is 0.464 e. The second-order valence-corrected chi connectivity index (χ2v) is 3.36. The number of nitrogens with one attached hydrogen (secondary N) is 1. The Morgan fingerprint density at radius 2 is 1.88 bits per heavy atom. The van der Waals surface area contributed by atoms with E-state index in [-0.39, 0.29) is 6.61 Å². The van der Waals surface area contributed by atoms with Gasteiger partial charge in [-0.3, -0.25) is 0 Å². The summed E-state index contributed by atoms with van der Waals surface area (Å²) < 4.78 is 43.7. The number of rotatable bonds is 4. The molecule has 17 heavy (non-hydrogen) atoms. The van der Waals surface area contributed by atoms with Gasteiger partial charge in [0, 0.05) is 12.1 Å². The predicted octanol–water partition coefficient (Wildman–Crippen LogP) is 2.47. The van der Waals surface area contributed by atoms with Gasteiger partial charge in [0.05, 0.1) is 6.61 Å². The van der Waals surface area contributed by atoms with E-state index in [4.69, 9.17) is 0 Å². The maximum atomic E-state index is 13.2. The molecule has 1 N–H and O–H groups in total. The van der Waals surface area contributed by atoms with Gasteiger partial charge in [-0.05, 0) is 13.8 Å². The molecule has 0 saturated heterocycles. The van der Waals surface area contributed by atoms with Crippen LogP contribution >= 0.6 is 0 Å². The van der Waals surface area contributed by atoms with E-state index in [0.29, 0.717) is 12.1 Å². The molecule has 0 fully saturated rings. The van der Waals surface area contributed by atoms with Crippen LogP contribution in [-0.4, -0.2) is 18.6 Å². The Morgan fingerprint density at radius 1 is 1.35 bits per heavy atom. The molecule has 94 valence electrons. The number of esters is 1. The standard InChI is InChI=1S/C11H12F3NO2/c1-3-17-11(16)6(2)15-10-8(13)4-7(12)5-9(10)14/h4-6,15H,3H2,1-2H3. The van der Waals surface area contributed by atoms with Crippen LogP contribution in [0.3, 0.4) is 0 Å². The minimum atomic E-state index is -1.10. The molecular weight excluding hydrogens is 235 g/mol. The topological polar surface area (TPSA) is 38.3 Å². The Hall–Kier alpha value is -1.72. The van der Waals surface area contributed by atoms with Crippen LogP contribution in [0.4, 0.5) is 18.9 Å². The molecule has 6 heteroatoms. The SMILES string of the molecule is CCOC(=O)C(C)Nc1c(F)cc(F)cc1F. The van der Waals surface area contributed by atoms with Crippen molar-refractivity contribution in [3.63, 3.8) is 0 Å². The maximum Gasteiger partial charge on any atom is 0.328 e. The van der Waals surface area contributed by atoms with Crippen LogP contribution < -0.4 is 5.32 Å². The van der Waals surface area contributed by atoms with Gasteiger partial charge < -0.3 is 10.1 Å². The molecule has 3 nitrogen and oxygen atoms in total. The number of halogens is 3. The van der Waals surface area contributed by atoms with Crippen molar-refractivity contribution in [3.8, 4) is 0 Å². The van der Waals surface area contributed by atoms with Gasteiger partial charge in [0.15, 0.2) is 11.6 Å². The molecule has 0 radical (unpaired) electrons. The first-order valence-electron chi connectivity index (χ1n) is 5.03. The molecule has 1 aromatic rings. The lowest BCUT2D eigenvalue weighted by molar-refractivity contribution is -0.143. The first-order chi connectivity index (χ1) is 7.95. The third kappa shape index (κ3) is 3.37. The molecule has 0 aliphatic carbocycles. The molecule has 0 saturated carbocycles. The van der Waals surface area contributed by atoms with Crippen LogP contribution in [-0.2, 0) is 9.53 Å². The number of hydrogen-bond donors (Lipinski definition) is 1. The van der Waals surface area contributed by atoms with Crippen LogP contribution in [0.2, 0.25) is 0 Å². The number of benzene rings is 1. The van der Waals surface area contributed by atoms with Crippen molar-refractivity contribution in [2.75, 3.05) is 11.9 Å². The van der Waals surface area contributed by atoms with Gasteiger partial charge in [-0.15, -0.1) is 0 Å². The van der Waals surface area contributed by atoms with Crippen molar-refractivity contribution in [3.05, 3.63) is 29.6 Å². The van der Waals surface area contributed by atoms with Crippen LogP contribution in [0, 0.1) is 17.5 Å². The van der Waals surface area contributed by atoms with Gasteiger partial charge in [0.2, 0.25) is 0 Å². The average Bonchev–Trinajstić information content (AvgIpc) is 2.23. The van der Waals surface area contributed by atoms with Crippen LogP contribution in [0.5, 0.6) is 0 Å². The summed E-state index contributed by atoms with van der Waals surface area (Å²) in [5.74, 6) is -3.86. The van der Waals surface area contributed by atoms with Crippen LogP contribution in [0.15, 0.2) is 12.1 Å². The van der Waals surface area contributed by atoms with E-state index >= 15 is 0 Å². The van der Waals surface area contributed by atoms with E-state index in [1.54, 1.807) is 6.92 Å². The number of hydrogen-bond acceptors (Lipinski definition) is 3. The smallest absolute Gasteiger partial charge is 0.328 e. The maximum absolute atomic E-state index is 13.2. The summed E-state index contributed by atoms with van der Waals surface area (Å²) in [6.45, 7) is 3.17. The molecular formula is C11H12F3NO2. The zero-order valence-electron chi connectivity index (χ0n) is 9.39. The second kappa shape index (κ2) is 5.56. The lowest BCUT2D eigenvalue weighted by Crippen LogP contribution is -2.29. The van der Waals surface area contributed by atoms with Crippen molar-refractivity contribution >= 4 is 11.7 Å². The van der Waals surface area contributed by atoms with Gasteiger partial charge >= 0.3 is 5.97 Å². The molecule has 0 bridgehead atoms. The fourth-order valence-electron chi connectivity index (χ4n) is 1.22. The molecule has 0 heterocycles. The molecule has 0 amide bonds. The highest BCUT2D eigenvalue weighted by atomic mass is 19.1. The van der Waals surface area contributed by atoms with Gasteiger partial charge in [0.25, 0.3) is 0 Å². The fraction of sp³-hybridized carbons (Fsp3) is 0.364. The molecule has 1 aromatic carbocycles. The van der Waals surface area contributed by atoms with Crippen molar-refractivity contribution in [1.82, 2.24) is 0 Å². The van der Waals surface area contributed by atoms with Crippen LogP contribution in [0.1, 0.15) is 13.8 Å². The average molecular weight is 247 g/mol. The molecule has 1 unspecified atom stereocenters. The number of ether oxygens (including phenoxy) is 1. The van der Waals surface area contributed by atoms with E-state index in [9.17, 15) is 18.0 Å². The summed E-state index contributed by atoms with van der Waals surface area (Å²) in [5, 5.41) is 2.30. The van der Waals surface area contributed by atoms with Crippen molar-refractivity contribution in [1.29, 1.82) is 0 Å². The Balaban J connectivity index is 2.85. The summed E-state index contributed by atoms with van der Waals surface area (Å²) >= 11 is 0. The molecule has 1 atom stereocenters. The minimum absolute atomic E-state index is 0.166. The highest BCUT2D eigenvalue weighted by molar-refractivity contribution is 5.78. The highest BCUT2D eigenvalue weighted by Gasteiger charge is 2.18. The lowest BCUT2D eigenvalue weighted by Gasteiger charge is -2.15. The first kappa shape index (κ1) is 13.3. The monoisotopic (exact) mass is 247 g/mol. The van der Waals surface area contributed by atoms with E-state index in [2.05, 4.69) is 10.1 Å². The third-order valence-corrected chi connectivity index (χ3v) is 2.01. The highest BCUT2D eigenvalue weighted by Crippen LogP contribution is 2.21. The van der Waals surface area contributed by atoms with E-state index in [0.717, 1.165) is 0 Å². The molecule has 0 aliphatic heterocycles.